The van der Waals surface area contributed by atoms with Crippen LogP contribution in [0.3, 0.4) is 0 Å². The number of hydrogen-bond acceptors (Lipinski definition) is 3. The third-order valence-electron chi connectivity index (χ3n) is 3.85. The quantitative estimate of drug-likeness (QED) is 0.878. The van der Waals surface area contributed by atoms with E-state index in [9.17, 15) is 9.59 Å². The molecular weight excluding hydrogens is 278 g/mol. The molecular formula is C17H13N3O2. The van der Waals surface area contributed by atoms with Gasteiger partial charge in [0.1, 0.15) is 5.84 Å². The Labute approximate surface area is 127 Å². The summed E-state index contributed by atoms with van der Waals surface area (Å²) in [4.78, 5) is 30.0. The Kier molecular flexibility index (Phi) is 2.63. The Morgan fingerprint density at radius 1 is 1.18 bits per heavy atom. The second kappa shape index (κ2) is 4.53. The maximum absolute atomic E-state index is 12.5. The predicted octanol–water partition coefficient (Wildman–Crippen LogP) is 2.69. The summed E-state index contributed by atoms with van der Waals surface area (Å²) in [5, 5.41) is 2.75. The molecule has 2 heterocycles. The third kappa shape index (κ3) is 1.83. The summed E-state index contributed by atoms with van der Waals surface area (Å²) in [5.74, 6) is 0.565. The van der Waals surface area contributed by atoms with Crippen LogP contribution in [0.15, 0.2) is 47.5 Å². The Balaban J connectivity index is 1.80. The highest BCUT2D eigenvalue weighted by Crippen LogP contribution is 2.35. The average Bonchev–Trinajstić information content (AvgIpc) is 2.78. The largest absolute Gasteiger partial charge is 0.326 e. The Morgan fingerprint density at radius 2 is 1.95 bits per heavy atom. The predicted molar refractivity (Wildman–Crippen MR) is 83.3 cm³/mol. The van der Waals surface area contributed by atoms with Crippen LogP contribution in [0, 0.1) is 0 Å². The van der Waals surface area contributed by atoms with Crippen molar-refractivity contribution in [3.05, 3.63) is 59.2 Å². The molecule has 0 saturated heterocycles. The number of hydrogen-bond donors (Lipinski definition) is 1. The molecule has 0 aliphatic carbocycles. The Bertz CT molecular complexity index is 855. The van der Waals surface area contributed by atoms with Crippen molar-refractivity contribution >= 4 is 29.0 Å². The third-order valence-corrected chi connectivity index (χ3v) is 3.85. The number of nitrogens with zero attached hydrogens (tertiary/aromatic N) is 2. The minimum Gasteiger partial charge on any atom is -0.326 e. The van der Waals surface area contributed by atoms with E-state index in [0.717, 1.165) is 16.8 Å². The number of rotatable bonds is 1. The monoisotopic (exact) mass is 291 g/mol. The van der Waals surface area contributed by atoms with Crippen LogP contribution in [0.4, 0.5) is 11.4 Å². The maximum atomic E-state index is 12.5. The number of nitrogens with one attached hydrogen (secondary N) is 1. The van der Waals surface area contributed by atoms with E-state index in [0.29, 0.717) is 23.6 Å². The number of aliphatic imine (C=N–C) groups is 1. The molecule has 2 aromatic rings. The van der Waals surface area contributed by atoms with Gasteiger partial charge in [0, 0.05) is 18.2 Å². The van der Waals surface area contributed by atoms with Gasteiger partial charge in [-0.1, -0.05) is 18.2 Å². The fourth-order valence-corrected chi connectivity index (χ4v) is 2.91. The number of anilines is 1. The molecule has 0 bridgehead atoms. The van der Waals surface area contributed by atoms with Gasteiger partial charge in [0.25, 0.3) is 5.91 Å². The molecule has 1 N–H and O–H groups in total. The minimum absolute atomic E-state index is 0.0232. The maximum Gasteiger partial charge on any atom is 0.260 e. The highest BCUT2D eigenvalue weighted by Gasteiger charge is 2.36. The number of fused-ring (bicyclic) bond motifs is 4. The topological polar surface area (TPSA) is 61.8 Å². The molecule has 5 nitrogen and oxygen atoms in total. The van der Waals surface area contributed by atoms with Crippen molar-refractivity contribution in [2.45, 2.75) is 13.5 Å². The van der Waals surface area contributed by atoms with Gasteiger partial charge in [-0.2, -0.15) is 0 Å². The molecule has 4 rings (SSSR count). The van der Waals surface area contributed by atoms with Crippen molar-refractivity contribution in [2.75, 3.05) is 5.32 Å². The van der Waals surface area contributed by atoms with E-state index in [1.54, 1.807) is 4.90 Å². The molecule has 0 saturated carbocycles. The summed E-state index contributed by atoms with van der Waals surface area (Å²) in [5.41, 5.74) is 4.05. The van der Waals surface area contributed by atoms with Crippen LogP contribution in [0.25, 0.3) is 0 Å². The van der Waals surface area contributed by atoms with Gasteiger partial charge in [-0.25, -0.2) is 4.99 Å². The van der Waals surface area contributed by atoms with Gasteiger partial charge in [0.2, 0.25) is 5.91 Å². The zero-order valence-electron chi connectivity index (χ0n) is 12.0. The van der Waals surface area contributed by atoms with Crippen molar-refractivity contribution in [1.82, 2.24) is 4.90 Å². The van der Waals surface area contributed by atoms with Crippen LogP contribution in [-0.2, 0) is 11.3 Å². The van der Waals surface area contributed by atoms with Gasteiger partial charge < -0.3 is 5.32 Å². The summed E-state index contributed by atoms with van der Waals surface area (Å²) >= 11 is 0. The van der Waals surface area contributed by atoms with Crippen LogP contribution in [0.2, 0.25) is 0 Å². The lowest BCUT2D eigenvalue weighted by Crippen LogP contribution is -2.31. The number of benzene rings is 2. The summed E-state index contributed by atoms with van der Waals surface area (Å²) in [6, 6.07) is 13.1. The minimum atomic E-state index is -0.121. The van der Waals surface area contributed by atoms with Crippen molar-refractivity contribution < 1.29 is 9.59 Å². The highest BCUT2D eigenvalue weighted by molar-refractivity contribution is 6.24. The van der Waals surface area contributed by atoms with Gasteiger partial charge in [0.05, 0.1) is 17.8 Å². The lowest BCUT2D eigenvalue weighted by Gasteiger charge is -2.23. The van der Waals surface area contributed by atoms with Crippen LogP contribution in [-0.4, -0.2) is 22.5 Å². The van der Waals surface area contributed by atoms with E-state index < -0.39 is 0 Å². The van der Waals surface area contributed by atoms with Crippen molar-refractivity contribution in [1.29, 1.82) is 0 Å². The first kappa shape index (κ1) is 12.8. The average molecular weight is 291 g/mol. The summed E-state index contributed by atoms with van der Waals surface area (Å²) in [6.07, 6.45) is 0. The molecule has 5 heteroatoms. The van der Waals surface area contributed by atoms with E-state index in [1.807, 2.05) is 42.5 Å². The fourth-order valence-electron chi connectivity index (χ4n) is 2.91. The molecule has 2 aliphatic rings. The van der Waals surface area contributed by atoms with Crippen molar-refractivity contribution in [2.24, 2.45) is 4.99 Å². The molecule has 2 aliphatic heterocycles. The Morgan fingerprint density at radius 3 is 2.73 bits per heavy atom. The molecule has 0 spiro atoms. The molecule has 22 heavy (non-hydrogen) atoms. The summed E-state index contributed by atoms with van der Waals surface area (Å²) in [6.45, 7) is 1.94. The van der Waals surface area contributed by atoms with Crippen LogP contribution >= 0.6 is 0 Å². The normalized spacial score (nSPS) is 14.9. The molecule has 2 aromatic carbocycles. The lowest BCUT2D eigenvalue weighted by molar-refractivity contribution is -0.114. The van der Waals surface area contributed by atoms with E-state index in [-0.39, 0.29) is 11.8 Å². The first-order valence-corrected chi connectivity index (χ1v) is 7.04. The first-order chi connectivity index (χ1) is 10.6. The summed E-state index contributed by atoms with van der Waals surface area (Å²) in [7, 11) is 0. The number of amides is 2. The Hall–Kier alpha value is -2.95. The zero-order chi connectivity index (χ0) is 15.3. The number of amidine groups is 1. The van der Waals surface area contributed by atoms with E-state index in [2.05, 4.69) is 10.3 Å². The molecule has 0 fully saturated rings. The smallest absolute Gasteiger partial charge is 0.260 e. The molecule has 0 aromatic heterocycles. The fraction of sp³-hybridized carbons (Fsp3) is 0.118. The summed E-state index contributed by atoms with van der Waals surface area (Å²) < 4.78 is 0. The standard InChI is InChI=1S/C17H13N3O2/c1-10(21)18-12-6-7-15-11(8-12)9-20-16(19-15)13-4-2-3-5-14(13)17(20)22/h2-8H,9H2,1H3,(H,18,21). The van der Waals surface area contributed by atoms with Crippen LogP contribution in [0.5, 0.6) is 0 Å². The second-order valence-electron chi connectivity index (χ2n) is 5.40. The number of carbonyl (C=O) groups is 2. The van der Waals surface area contributed by atoms with Crippen LogP contribution in [0.1, 0.15) is 28.4 Å². The lowest BCUT2D eigenvalue weighted by atomic mass is 10.1. The first-order valence-electron chi connectivity index (χ1n) is 7.04. The van der Waals surface area contributed by atoms with Crippen molar-refractivity contribution in [3.63, 3.8) is 0 Å². The van der Waals surface area contributed by atoms with Crippen LogP contribution < -0.4 is 5.32 Å². The van der Waals surface area contributed by atoms with E-state index in [1.165, 1.54) is 6.92 Å². The van der Waals surface area contributed by atoms with Gasteiger partial charge in [-0.05, 0) is 29.8 Å². The van der Waals surface area contributed by atoms with Crippen molar-refractivity contribution in [3.8, 4) is 0 Å². The van der Waals surface area contributed by atoms with Gasteiger partial charge in [-0.15, -0.1) is 0 Å². The molecule has 2 amide bonds. The molecule has 0 radical (unpaired) electrons. The van der Waals surface area contributed by atoms with Gasteiger partial charge >= 0.3 is 0 Å². The molecule has 0 atom stereocenters. The van der Waals surface area contributed by atoms with E-state index in [4.69, 9.17) is 0 Å². The molecule has 0 unspecified atom stereocenters. The SMILES string of the molecule is CC(=O)Nc1ccc2c(c1)CN1C(=O)c3ccccc3C1=N2. The number of carbonyl (C=O) groups excluding carboxylic acids is 2. The second-order valence-corrected chi connectivity index (χ2v) is 5.40. The van der Waals surface area contributed by atoms with E-state index >= 15 is 0 Å². The van der Waals surface area contributed by atoms with Gasteiger partial charge in [-0.3, -0.25) is 14.5 Å². The van der Waals surface area contributed by atoms with Gasteiger partial charge in [0.15, 0.2) is 0 Å². The highest BCUT2D eigenvalue weighted by atomic mass is 16.2. The molecule has 108 valence electrons. The zero-order valence-corrected chi connectivity index (χ0v) is 12.0.